The maximum absolute atomic E-state index is 13.6. The minimum Gasteiger partial charge on any atom is -0.383 e. The normalized spacial score (nSPS) is 20.9. The van der Waals surface area contributed by atoms with Crippen molar-refractivity contribution >= 4 is 5.91 Å². The molecular weight excluding hydrogens is 271 g/mol. The second-order valence-corrected chi connectivity index (χ2v) is 5.43. The van der Waals surface area contributed by atoms with Crippen LogP contribution in [0.1, 0.15) is 30.7 Å². The van der Waals surface area contributed by atoms with E-state index in [1.807, 2.05) is 12.1 Å². The number of carbonyl (C=O) groups excluding carboxylic acids is 1. The minimum absolute atomic E-state index is 0.0320. The summed E-state index contributed by atoms with van der Waals surface area (Å²) in [5.74, 6) is 0.224. The third-order valence-corrected chi connectivity index (χ3v) is 3.90. The molecule has 2 N–H and O–H groups in total. The molecule has 1 aromatic rings. The molecule has 116 valence electrons. The van der Waals surface area contributed by atoms with E-state index in [-0.39, 0.29) is 11.7 Å². The smallest absolute Gasteiger partial charge is 0.221 e. The van der Waals surface area contributed by atoms with Gasteiger partial charge in [0.2, 0.25) is 5.91 Å². The van der Waals surface area contributed by atoms with Gasteiger partial charge in [-0.2, -0.15) is 0 Å². The maximum atomic E-state index is 13.6. The fraction of sp³-hybridized carbons (Fsp3) is 0.562. The summed E-state index contributed by atoms with van der Waals surface area (Å²) < 4.78 is 18.5. The summed E-state index contributed by atoms with van der Waals surface area (Å²) in [6.45, 7) is 1.74. The van der Waals surface area contributed by atoms with Gasteiger partial charge in [0.05, 0.1) is 6.61 Å². The number of hydrogen-bond acceptors (Lipinski definition) is 3. The molecule has 0 aromatic heterocycles. The Morgan fingerprint density at radius 3 is 2.81 bits per heavy atom. The Balaban J connectivity index is 1.59. The van der Waals surface area contributed by atoms with E-state index in [0.29, 0.717) is 38.1 Å². The highest BCUT2D eigenvalue weighted by atomic mass is 19.1. The Morgan fingerprint density at radius 2 is 2.10 bits per heavy atom. The SMILES string of the molecule is COCCNC(=O)CCNC1CC(c2ccccc2F)C1. The van der Waals surface area contributed by atoms with Crippen LogP contribution in [0.3, 0.4) is 0 Å². The number of nitrogens with one attached hydrogen (secondary N) is 2. The molecule has 0 saturated heterocycles. The minimum atomic E-state index is -0.113. The topological polar surface area (TPSA) is 50.4 Å². The fourth-order valence-electron chi connectivity index (χ4n) is 2.62. The predicted octanol–water partition coefficient (Wildman–Crippen LogP) is 1.81. The zero-order chi connectivity index (χ0) is 15.1. The van der Waals surface area contributed by atoms with Gasteiger partial charge in [0.15, 0.2) is 0 Å². The van der Waals surface area contributed by atoms with Crippen LogP contribution in [0.15, 0.2) is 24.3 Å². The Labute approximate surface area is 125 Å². The summed E-state index contributed by atoms with van der Waals surface area (Å²) in [7, 11) is 1.61. The standard InChI is InChI=1S/C16H23FN2O2/c1-21-9-8-19-16(20)6-7-18-13-10-12(11-13)14-4-2-3-5-15(14)17/h2-5,12-13,18H,6-11H2,1H3,(H,19,20). The van der Waals surface area contributed by atoms with Gasteiger partial charge < -0.3 is 15.4 Å². The largest absolute Gasteiger partial charge is 0.383 e. The van der Waals surface area contributed by atoms with Crippen LogP contribution < -0.4 is 10.6 Å². The molecule has 0 spiro atoms. The quantitative estimate of drug-likeness (QED) is 0.719. The summed E-state index contributed by atoms with van der Waals surface area (Å²) >= 11 is 0. The molecule has 4 nitrogen and oxygen atoms in total. The van der Waals surface area contributed by atoms with E-state index in [2.05, 4.69) is 10.6 Å². The molecule has 1 amide bonds. The highest BCUT2D eigenvalue weighted by molar-refractivity contribution is 5.76. The first-order valence-electron chi connectivity index (χ1n) is 7.44. The molecular formula is C16H23FN2O2. The first kappa shape index (κ1) is 15.9. The Bertz CT molecular complexity index is 461. The van der Waals surface area contributed by atoms with Gasteiger partial charge in [0, 0.05) is 32.7 Å². The summed E-state index contributed by atoms with van der Waals surface area (Å²) in [4.78, 5) is 11.5. The lowest BCUT2D eigenvalue weighted by molar-refractivity contribution is -0.121. The highest BCUT2D eigenvalue weighted by Gasteiger charge is 2.31. The molecule has 1 aliphatic rings. The van der Waals surface area contributed by atoms with Crippen LogP contribution in [0.2, 0.25) is 0 Å². The third-order valence-electron chi connectivity index (χ3n) is 3.90. The predicted molar refractivity (Wildman–Crippen MR) is 79.7 cm³/mol. The number of amides is 1. The number of hydrogen-bond donors (Lipinski definition) is 2. The number of benzene rings is 1. The number of methoxy groups -OCH3 is 1. The monoisotopic (exact) mass is 294 g/mol. The van der Waals surface area contributed by atoms with Gasteiger partial charge in [-0.15, -0.1) is 0 Å². The van der Waals surface area contributed by atoms with Gasteiger partial charge in [-0.1, -0.05) is 18.2 Å². The van der Waals surface area contributed by atoms with Gasteiger partial charge in [-0.05, 0) is 30.4 Å². The number of halogens is 1. The molecule has 0 aliphatic heterocycles. The van der Waals surface area contributed by atoms with Crippen molar-refractivity contribution in [1.29, 1.82) is 0 Å². The molecule has 0 atom stereocenters. The molecule has 2 rings (SSSR count). The Kier molecular flexibility index (Phi) is 6.14. The van der Waals surface area contributed by atoms with Crippen LogP contribution in [0, 0.1) is 5.82 Å². The zero-order valence-electron chi connectivity index (χ0n) is 12.4. The van der Waals surface area contributed by atoms with E-state index in [9.17, 15) is 9.18 Å². The van der Waals surface area contributed by atoms with Crippen molar-refractivity contribution in [2.75, 3.05) is 26.8 Å². The van der Waals surface area contributed by atoms with Gasteiger partial charge in [0.25, 0.3) is 0 Å². The molecule has 1 aliphatic carbocycles. The molecule has 5 heteroatoms. The summed E-state index contributed by atoms with van der Waals surface area (Å²) in [5, 5.41) is 6.13. The number of ether oxygens (including phenoxy) is 1. The van der Waals surface area contributed by atoms with Crippen LogP contribution in [-0.4, -0.2) is 38.8 Å². The molecule has 0 bridgehead atoms. The van der Waals surface area contributed by atoms with Crippen molar-refractivity contribution < 1.29 is 13.9 Å². The van der Waals surface area contributed by atoms with E-state index in [1.165, 1.54) is 6.07 Å². The van der Waals surface area contributed by atoms with Gasteiger partial charge in [0.1, 0.15) is 5.82 Å². The molecule has 0 unspecified atom stereocenters. The van der Waals surface area contributed by atoms with Gasteiger partial charge >= 0.3 is 0 Å². The van der Waals surface area contributed by atoms with E-state index < -0.39 is 0 Å². The molecule has 1 aromatic carbocycles. The molecule has 0 radical (unpaired) electrons. The first-order chi connectivity index (χ1) is 10.2. The summed E-state index contributed by atoms with van der Waals surface area (Å²) in [5.41, 5.74) is 0.813. The lowest BCUT2D eigenvalue weighted by atomic mass is 9.75. The van der Waals surface area contributed by atoms with Crippen molar-refractivity contribution in [3.8, 4) is 0 Å². The average molecular weight is 294 g/mol. The maximum Gasteiger partial charge on any atom is 0.221 e. The van der Waals surface area contributed by atoms with Crippen molar-refractivity contribution in [1.82, 2.24) is 10.6 Å². The Hall–Kier alpha value is -1.46. The summed E-state index contributed by atoms with van der Waals surface area (Å²) in [6, 6.07) is 7.36. The molecule has 1 fully saturated rings. The van der Waals surface area contributed by atoms with E-state index in [0.717, 1.165) is 18.4 Å². The Morgan fingerprint density at radius 1 is 1.33 bits per heavy atom. The molecule has 21 heavy (non-hydrogen) atoms. The molecule has 0 heterocycles. The fourth-order valence-corrected chi connectivity index (χ4v) is 2.62. The zero-order valence-corrected chi connectivity index (χ0v) is 12.4. The van der Waals surface area contributed by atoms with E-state index >= 15 is 0 Å². The number of rotatable bonds is 8. The van der Waals surface area contributed by atoms with Crippen LogP contribution in [0.5, 0.6) is 0 Å². The van der Waals surface area contributed by atoms with Crippen LogP contribution in [-0.2, 0) is 9.53 Å². The first-order valence-corrected chi connectivity index (χ1v) is 7.44. The van der Waals surface area contributed by atoms with Gasteiger partial charge in [-0.25, -0.2) is 4.39 Å². The summed E-state index contributed by atoms with van der Waals surface area (Å²) in [6.07, 6.45) is 2.34. The van der Waals surface area contributed by atoms with Crippen molar-refractivity contribution in [3.63, 3.8) is 0 Å². The second-order valence-electron chi connectivity index (χ2n) is 5.43. The van der Waals surface area contributed by atoms with Crippen LogP contribution in [0.25, 0.3) is 0 Å². The number of carbonyl (C=O) groups is 1. The van der Waals surface area contributed by atoms with E-state index in [1.54, 1.807) is 13.2 Å². The van der Waals surface area contributed by atoms with Crippen LogP contribution >= 0.6 is 0 Å². The van der Waals surface area contributed by atoms with Crippen molar-refractivity contribution in [3.05, 3.63) is 35.6 Å². The molecule has 1 saturated carbocycles. The average Bonchev–Trinajstić information content (AvgIpc) is 2.43. The second kappa shape index (κ2) is 8.10. The third kappa shape index (κ3) is 4.79. The van der Waals surface area contributed by atoms with Crippen LogP contribution in [0.4, 0.5) is 4.39 Å². The lowest BCUT2D eigenvalue weighted by Gasteiger charge is -2.36. The van der Waals surface area contributed by atoms with Gasteiger partial charge in [-0.3, -0.25) is 4.79 Å². The van der Waals surface area contributed by atoms with Crippen molar-refractivity contribution in [2.45, 2.75) is 31.2 Å². The highest BCUT2D eigenvalue weighted by Crippen LogP contribution is 2.37. The van der Waals surface area contributed by atoms with E-state index in [4.69, 9.17) is 4.74 Å². The van der Waals surface area contributed by atoms with Crippen molar-refractivity contribution in [2.24, 2.45) is 0 Å². The lowest BCUT2D eigenvalue weighted by Crippen LogP contribution is -2.42.